The lowest BCUT2D eigenvalue weighted by Crippen LogP contribution is -2.54. The van der Waals surface area contributed by atoms with Gasteiger partial charge in [-0.1, -0.05) is 57.7 Å². The van der Waals surface area contributed by atoms with Crippen LogP contribution in [0.2, 0.25) is 0 Å². The van der Waals surface area contributed by atoms with Gasteiger partial charge in [0.05, 0.1) is 22.9 Å². The third kappa shape index (κ3) is 9.41. The molecule has 2 fully saturated rings. The number of carbonyl (C=O) groups excluding carboxylic acids is 4. The molecule has 4 rings (SSSR count). The van der Waals surface area contributed by atoms with Crippen LogP contribution in [0.4, 0.5) is 18.9 Å². The zero-order chi connectivity index (χ0) is 36.6. The molecule has 10 nitrogen and oxygen atoms in total. The molecule has 2 aromatic carbocycles. The number of amides is 4. The first-order valence-electron chi connectivity index (χ1n) is 17.3. The maximum Gasteiger partial charge on any atom is 0.349 e. The third-order valence-corrected chi connectivity index (χ3v) is 9.91. The number of piperidine rings is 1. The van der Waals surface area contributed by atoms with E-state index in [1.807, 2.05) is 0 Å². The highest BCUT2D eigenvalue weighted by Crippen LogP contribution is 2.32. The van der Waals surface area contributed by atoms with Gasteiger partial charge in [0.25, 0.3) is 5.91 Å². The van der Waals surface area contributed by atoms with Crippen molar-refractivity contribution in [2.45, 2.75) is 108 Å². The van der Waals surface area contributed by atoms with Crippen molar-refractivity contribution in [1.82, 2.24) is 15.5 Å². The number of anilines is 1. The van der Waals surface area contributed by atoms with E-state index >= 15 is 13.2 Å². The molecule has 0 bridgehead atoms. The highest BCUT2D eigenvalue weighted by Gasteiger charge is 2.44. The van der Waals surface area contributed by atoms with Gasteiger partial charge in [0.2, 0.25) is 17.7 Å². The smallest absolute Gasteiger partial charge is 0.349 e. The SMILES string of the molecule is CCC(=O)N[C@@H](C(=O)N1CCC(C)(O)CC1)[C@@H](C)c1ccc(NC(=O)C(NC(=O)C(F)(F)c2cccc(C#N)c2)C2CCCCCC2)c(F)c1. The fourth-order valence-corrected chi connectivity index (χ4v) is 6.59. The van der Waals surface area contributed by atoms with Gasteiger partial charge in [-0.15, -0.1) is 0 Å². The van der Waals surface area contributed by atoms with Crippen molar-refractivity contribution in [1.29, 1.82) is 5.26 Å². The van der Waals surface area contributed by atoms with Crippen LogP contribution in [-0.2, 0) is 25.1 Å². The summed E-state index contributed by atoms with van der Waals surface area (Å²) in [5, 5.41) is 26.9. The Kier molecular flexibility index (Phi) is 12.7. The molecule has 0 spiro atoms. The summed E-state index contributed by atoms with van der Waals surface area (Å²) in [5.74, 6) is -9.33. The molecule has 1 aliphatic carbocycles. The van der Waals surface area contributed by atoms with Crippen molar-refractivity contribution in [3.05, 3.63) is 65.0 Å². The molecule has 1 heterocycles. The van der Waals surface area contributed by atoms with Crippen LogP contribution in [0, 0.1) is 23.1 Å². The van der Waals surface area contributed by atoms with Gasteiger partial charge in [-0.3, -0.25) is 19.2 Å². The van der Waals surface area contributed by atoms with Crippen LogP contribution in [0.15, 0.2) is 42.5 Å². The van der Waals surface area contributed by atoms with E-state index in [-0.39, 0.29) is 29.5 Å². The minimum atomic E-state index is -4.05. The van der Waals surface area contributed by atoms with Gasteiger partial charge in [-0.25, -0.2) is 4.39 Å². The number of benzene rings is 2. The van der Waals surface area contributed by atoms with Gasteiger partial charge in [0, 0.05) is 31.0 Å². The molecule has 2 aliphatic rings. The summed E-state index contributed by atoms with van der Waals surface area (Å²) in [7, 11) is 0. The number of carbonyl (C=O) groups is 4. The standard InChI is InChI=1S/C37H46F3N5O5/c1-4-30(46)43-31(34(48)45-18-16-36(3,50)17-19-45)23(2)26-14-15-29(28(38)21-26)42-33(47)32(25-11-7-5-6-8-12-25)44-35(49)37(39,40)27-13-9-10-24(20-27)22-41/h9-10,13-15,20-21,23,25,31-32,50H,4-8,11-12,16-19H2,1-3H3,(H,42,47)(H,43,46)(H,44,49)/t23-,31+,32?/m0/s1. The number of rotatable bonds is 11. The Morgan fingerprint density at radius 2 is 1.70 bits per heavy atom. The van der Waals surface area contributed by atoms with Crippen LogP contribution < -0.4 is 16.0 Å². The van der Waals surface area contributed by atoms with Gasteiger partial charge >= 0.3 is 5.92 Å². The molecule has 0 aromatic heterocycles. The van der Waals surface area contributed by atoms with Gasteiger partial charge in [0.15, 0.2) is 0 Å². The van der Waals surface area contributed by atoms with Gasteiger partial charge in [-0.2, -0.15) is 14.0 Å². The Hall–Kier alpha value is -4.44. The minimum absolute atomic E-state index is 0.0505. The zero-order valence-electron chi connectivity index (χ0n) is 28.7. The lowest BCUT2D eigenvalue weighted by atomic mass is 9.89. The number of nitrogens with zero attached hydrogens (tertiary/aromatic N) is 2. The number of nitrogens with one attached hydrogen (secondary N) is 3. The second-order valence-electron chi connectivity index (χ2n) is 13.7. The van der Waals surface area contributed by atoms with Crippen LogP contribution in [0.5, 0.6) is 0 Å². The molecule has 50 heavy (non-hydrogen) atoms. The van der Waals surface area contributed by atoms with E-state index in [1.165, 1.54) is 24.3 Å². The summed E-state index contributed by atoms with van der Waals surface area (Å²) in [4.78, 5) is 54.3. The molecule has 1 saturated heterocycles. The van der Waals surface area contributed by atoms with Crippen molar-refractivity contribution in [2.24, 2.45) is 5.92 Å². The largest absolute Gasteiger partial charge is 0.390 e. The topological polar surface area (TPSA) is 152 Å². The molecular formula is C37H46F3N5O5. The average Bonchev–Trinajstić information content (AvgIpc) is 3.39. The molecule has 4 N–H and O–H groups in total. The first-order chi connectivity index (χ1) is 23.7. The predicted molar refractivity (Wildman–Crippen MR) is 180 cm³/mol. The normalized spacial score (nSPS) is 18.5. The van der Waals surface area contributed by atoms with E-state index in [9.17, 15) is 24.3 Å². The Balaban J connectivity index is 1.55. The number of hydrogen-bond acceptors (Lipinski definition) is 6. The average molecular weight is 698 g/mol. The first-order valence-corrected chi connectivity index (χ1v) is 17.3. The molecule has 1 aliphatic heterocycles. The maximum atomic E-state index is 15.7. The summed E-state index contributed by atoms with van der Waals surface area (Å²) < 4.78 is 46.4. The highest BCUT2D eigenvalue weighted by molar-refractivity contribution is 5.98. The van der Waals surface area contributed by atoms with Crippen LogP contribution >= 0.6 is 0 Å². The van der Waals surface area contributed by atoms with Crippen molar-refractivity contribution < 1.29 is 37.5 Å². The molecule has 13 heteroatoms. The maximum absolute atomic E-state index is 15.7. The Morgan fingerprint density at radius 3 is 2.30 bits per heavy atom. The number of aliphatic hydroxyl groups is 1. The Bertz CT molecular complexity index is 1590. The predicted octanol–water partition coefficient (Wildman–Crippen LogP) is 5.25. The quantitative estimate of drug-likeness (QED) is 0.236. The Morgan fingerprint density at radius 1 is 1.04 bits per heavy atom. The van der Waals surface area contributed by atoms with E-state index in [2.05, 4.69) is 16.0 Å². The Labute approximate surface area is 290 Å². The molecule has 4 amide bonds. The lowest BCUT2D eigenvalue weighted by Gasteiger charge is -2.38. The van der Waals surface area contributed by atoms with E-state index in [4.69, 9.17) is 5.26 Å². The fourth-order valence-electron chi connectivity index (χ4n) is 6.59. The second-order valence-corrected chi connectivity index (χ2v) is 13.7. The van der Waals surface area contributed by atoms with Crippen LogP contribution in [0.25, 0.3) is 0 Å². The summed E-state index contributed by atoms with van der Waals surface area (Å²) in [6.07, 6.45) is 5.13. The van der Waals surface area contributed by atoms with Gasteiger partial charge in [0.1, 0.15) is 17.9 Å². The fraction of sp³-hybridized carbons (Fsp3) is 0.541. The van der Waals surface area contributed by atoms with Crippen LogP contribution in [0.1, 0.15) is 101 Å². The van der Waals surface area contributed by atoms with Gasteiger partial charge < -0.3 is 26.0 Å². The molecule has 2 aromatic rings. The zero-order valence-corrected chi connectivity index (χ0v) is 28.7. The third-order valence-electron chi connectivity index (χ3n) is 9.91. The number of nitriles is 1. The van der Waals surface area contributed by atoms with Crippen molar-refractivity contribution in [2.75, 3.05) is 18.4 Å². The van der Waals surface area contributed by atoms with Gasteiger partial charge in [-0.05, 0) is 68.4 Å². The monoisotopic (exact) mass is 697 g/mol. The van der Waals surface area contributed by atoms with E-state index in [0.717, 1.165) is 43.9 Å². The number of alkyl halides is 2. The molecular weight excluding hydrogens is 651 g/mol. The minimum Gasteiger partial charge on any atom is -0.390 e. The summed E-state index contributed by atoms with van der Waals surface area (Å²) in [5.41, 5.74) is -1.51. The molecule has 1 saturated carbocycles. The second kappa shape index (κ2) is 16.5. The van der Waals surface area contributed by atoms with Crippen molar-refractivity contribution in [3.63, 3.8) is 0 Å². The summed E-state index contributed by atoms with van der Waals surface area (Å²) in [6, 6.07) is 7.85. The van der Waals surface area contributed by atoms with E-state index in [1.54, 1.807) is 31.7 Å². The van der Waals surface area contributed by atoms with E-state index < -0.39 is 58.6 Å². The van der Waals surface area contributed by atoms with Crippen LogP contribution in [-0.4, -0.2) is 64.4 Å². The van der Waals surface area contributed by atoms with Crippen molar-refractivity contribution >= 4 is 29.3 Å². The highest BCUT2D eigenvalue weighted by atomic mass is 19.3. The summed E-state index contributed by atoms with van der Waals surface area (Å²) in [6.45, 7) is 5.63. The van der Waals surface area contributed by atoms with Crippen LogP contribution in [0.3, 0.4) is 0 Å². The summed E-state index contributed by atoms with van der Waals surface area (Å²) >= 11 is 0. The molecule has 3 atom stereocenters. The molecule has 1 unspecified atom stereocenters. The van der Waals surface area contributed by atoms with Crippen molar-refractivity contribution in [3.8, 4) is 6.07 Å². The molecule has 270 valence electrons. The lowest BCUT2D eigenvalue weighted by molar-refractivity contribution is -0.149. The first kappa shape index (κ1) is 38.4. The number of likely N-dealkylation sites (tertiary alicyclic amines) is 1. The number of halogens is 3. The molecule has 0 radical (unpaired) electrons. The van der Waals surface area contributed by atoms with E-state index in [0.29, 0.717) is 44.3 Å². The number of hydrogen-bond donors (Lipinski definition) is 4.